The molecule has 4 aromatic rings. The SMILES string of the molecule is COc1ccc2c(=O)c(-c3ccc(-c4ccc(F)cc4OC)cc3)c(C)[nH]c2c1. The fourth-order valence-corrected chi connectivity index (χ4v) is 3.59. The summed E-state index contributed by atoms with van der Waals surface area (Å²) < 4.78 is 24.0. The molecule has 0 amide bonds. The lowest BCUT2D eigenvalue weighted by Crippen LogP contribution is -2.09. The van der Waals surface area contributed by atoms with Crippen molar-refractivity contribution in [1.82, 2.24) is 4.98 Å². The summed E-state index contributed by atoms with van der Waals surface area (Å²) in [6.45, 7) is 1.88. The van der Waals surface area contributed by atoms with Gasteiger partial charge in [0, 0.05) is 34.3 Å². The summed E-state index contributed by atoms with van der Waals surface area (Å²) in [5.41, 5.74) is 4.59. The standard InChI is InChI=1S/C24H20FNO3/c1-14-23(24(27)20-11-9-18(28-2)13-21(20)26-14)16-6-4-15(5-7-16)19-10-8-17(25)12-22(19)29-3/h4-13H,1-3H3,(H,26,27). The number of hydrogen-bond donors (Lipinski definition) is 1. The molecule has 5 heteroatoms. The maximum Gasteiger partial charge on any atom is 0.197 e. The van der Waals surface area contributed by atoms with Crippen molar-refractivity contribution < 1.29 is 13.9 Å². The van der Waals surface area contributed by atoms with Gasteiger partial charge in [0.25, 0.3) is 0 Å². The topological polar surface area (TPSA) is 51.3 Å². The molecule has 146 valence electrons. The predicted molar refractivity (Wildman–Crippen MR) is 113 cm³/mol. The molecule has 0 bridgehead atoms. The summed E-state index contributed by atoms with van der Waals surface area (Å²) in [5.74, 6) is 0.807. The number of hydrogen-bond acceptors (Lipinski definition) is 3. The smallest absolute Gasteiger partial charge is 0.197 e. The van der Waals surface area contributed by atoms with Crippen molar-refractivity contribution in [1.29, 1.82) is 0 Å². The number of fused-ring (bicyclic) bond motifs is 1. The molecular weight excluding hydrogens is 369 g/mol. The van der Waals surface area contributed by atoms with Crippen molar-refractivity contribution >= 4 is 10.9 Å². The number of ether oxygens (including phenoxy) is 2. The van der Waals surface area contributed by atoms with Crippen molar-refractivity contribution in [3.05, 3.63) is 82.4 Å². The monoisotopic (exact) mass is 389 g/mol. The second-order valence-corrected chi connectivity index (χ2v) is 6.79. The van der Waals surface area contributed by atoms with Gasteiger partial charge in [0.15, 0.2) is 5.43 Å². The number of nitrogens with one attached hydrogen (secondary N) is 1. The Morgan fingerprint density at radius 1 is 0.862 bits per heavy atom. The Morgan fingerprint density at radius 3 is 2.28 bits per heavy atom. The molecule has 4 rings (SSSR count). The quantitative estimate of drug-likeness (QED) is 0.513. The molecule has 0 fully saturated rings. The Bertz CT molecular complexity index is 1260. The number of aromatic nitrogens is 1. The normalized spacial score (nSPS) is 10.9. The van der Waals surface area contributed by atoms with Gasteiger partial charge >= 0.3 is 0 Å². The van der Waals surface area contributed by atoms with Gasteiger partial charge in [0.2, 0.25) is 0 Å². The minimum absolute atomic E-state index is 0.0361. The van der Waals surface area contributed by atoms with E-state index in [2.05, 4.69) is 4.98 Å². The van der Waals surface area contributed by atoms with Crippen molar-refractivity contribution in [3.63, 3.8) is 0 Å². The largest absolute Gasteiger partial charge is 0.497 e. The van der Waals surface area contributed by atoms with Crippen molar-refractivity contribution in [3.8, 4) is 33.8 Å². The van der Waals surface area contributed by atoms with E-state index in [-0.39, 0.29) is 11.2 Å². The van der Waals surface area contributed by atoms with Crippen LogP contribution in [-0.4, -0.2) is 19.2 Å². The Kier molecular flexibility index (Phi) is 4.80. The molecule has 1 N–H and O–H groups in total. The highest BCUT2D eigenvalue weighted by Gasteiger charge is 2.13. The summed E-state index contributed by atoms with van der Waals surface area (Å²) in [7, 11) is 3.11. The van der Waals surface area contributed by atoms with Crippen molar-refractivity contribution in [2.45, 2.75) is 6.92 Å². The summed E-state index contributed by atoms with van der Waals surface area (Å²) in [6, 6.07) is 17.4. The highest BCUT2D eigenvalue weighted by atomic mass is 19.1. The van der Waals surface area contributed by atoms with Crippen LogP contribution in [0, 0.1) is 12.7 Å². The second-order valence-electron chi connectivity index (χ2n) is 6.79. The molecule has 0 aliphatic carbocycles. The van der Waals surface area contributed by atoms with Crippen LogP contribution in [0.5, 0.6) is 11.5 Å². The first-order valence-electron chi connectivity index (χ1n) is 9.17. The summed E-state index contributed by atoms with van der Waals surface area (Å²) >= 11 is 0. The summed E-state index contributed by atoms with van der Waals surface area (Å²) in [5, 5.41) is 0.607. The molecular formula is C24H20FNO3. The lowest BCUT2D eigenvalue weighted by molar-refractivity contribution is 0.413. The summed E-state index contributed by atoms with van der Waals surface area (Å²) in [6.07, 6.45) is 0. The molecule has 29 heavy (non-hydrogen) atoms. The van der Waals surface area contributed by atoms with E-state index < -0.39 is 0 Å². The maximum absolute atomic E-state index is 13.5. The van der Waals surface area contributed by atoms with Gasteiger partial charge in [-0.25, -0.2) is 4.39 Å². The van der Waals surface area contributed by atoms with Gasteiger partial charge in [-0.2, -0.15) is 0 Å². The molecule has 0 saturated heterocycles. The van der Waals surface area contributed by atoms with Gasteiger partial charge in [-0.3, -0.25) is 4.79 Å². The van der Waals surface area contributed by atoms with E-state index in [1.54, 1.807) is 25.3 Å². The highest BCUT2D eigenvalue weighted by Crippen LogP contribution is 2.32. The van der Waals surface area contributed by atoms with Crippen molar-refractivity contribution in [2.24, 2.45) is 0 Å². The Balaban J connectivity index is 1.80. The van der Waals surface area contributed by atoms with Crippen LogP contribution >= 0.6 is 0 Å². The van der Waals surface area contributed by atoms with Crippen LogP contribution in [0.15, 0.2) is 65.5 Å². The Hall–Kier alpha value is -3.60. The fourth-order valence-electron chi connectivity index (χ4n) is 3.59. The van der Waals surface area contributed by atoms with E-state index in [9.17, 15) is 9.18 Å². The van der Waals surface area contributed by atoms with Crippen LogP contribution in [0.2, 0.25) is 0 Å². The number of halogens is 1. The number of aromatic amines is 1. The van der Waals surface area contributed by atoms with E-state index in [0.717, 1.165) is 27.9 Å². The van der Waals surface area contributed by atoms with Crippen LogP contribution in [0.3, 0.4) is 0 Å². The molecule has 1 heterocycles. The first-order chi connectivity index (χ1) is 14.0. The molecule has 0 aliphatic heterocycles. The molecule has 0 unspecified atom stereocenters. The average Bonchev–Trinajstić information content (AvgIpc) is 2.73. The van der Waals surface area contributed by atoms with Crippen LogP contribution in [0.25, 0.3) is 33.2 Å². The number of pyridine rings is 1. The molecule has 1 aromatic heterocycles. The molecule has 0 saturated carbocycles. The lowest BCUT2D eigenvalue weighted by atomic mass is 9.97. The minimum Gasteiger partial charge on any atom is -0.497 e. The molecule has 3 aromatic carbocycles. The first kappa shape index (κ1) is 18.7. The third-order valence-electron chi connectivity index (χ3n) is 5.04. The average molecular weight is 389 g/mol. The number of H-pyrrole nitrogens is 1. The van der Waals surface area contributed by atoms with E-state index in [1.165, 1.54) is 19.2 Å². The fraction of sp³-hybridized carbons (Fsp3) is 0.125. The van der Waals surface area contributed by atoms with Gasteiger partial charge in [-0.15, -0.1) is 0 Å². The van der Waals surface area contributed by atoms with Crippen LogP contribution in [0.1, 0.15) is 5.69 Å². The van der Waals surface area contributed by atoms with Gasteiger partial charge < -0.3 is 14.5 Å². The molecule has 0 spiro atoms. The summed E-state index contributed by atoms with van der Waals surface area (Å²) in [4.78, 5) is 16.4. The Labute approximate surface area is 167 Å². The molecule has 0 radical (unpaired) electrons. The number of methoxy groups -OCH3 is 2. The lowest BCUT2D eigenvalue weighted by Gasteiger charge is -2.12. The number of rotatable bonds is 4. The number of benzene rings is 3. The van der Waals surface area contributed by atoms with Crippen LogP contribution < -0.4 is 14.9 Å². The zero-order valence-corrected chi connectivity index (χ0v) is 16.4. The van der Waals surface area contributed by atoms with Gasteiger partial charge in [0.1, 0.15) is 17.3 Å². The second kappa shape index (κ2) is 7.43. The molecule has 0 aliphatic rings. The van der Waals surface area contributed by atoms with E-state index in [1.807, 2.05) is 37.3 Å². The van der Waals surface area contributed by atoms with Crippen molar-refractivity contribution in [2.75, 3.05) is 14.2 Å². The zero-order valence-electron chi connectivity index (χ0n) is 16.4. The van der Waals surface area contributed by atoms with Crippen LogP contribution in [-0.2, 0) is 0 Å². The third-order valence-corrected chi connectivity index (χ3v) is 5.04. The van der Waals surface area contributed by atoms with E-state index in [4.69, 9.17) is 9.47 Å². The van der Waals surface area contributed by atoms with Gasteiger partial charge in [0.05, 0.1) is 19.7 Å². The predicted octanol–water partition coefficient (Wildman–Crippen LogP) is 5.33. The maximum atomic E-state index is 13.5. The van der Waals surface area contributed by atoms with Crippen LogP contribution in [0.4, 0.5) is 4.39 Å². The van der Waals surface area contributed by atoms with Gasteiger partial charge in [-0.1, -0.05) is 24.3 Å². The van der Waals surface area contributed by atoms with E-state index >= 15 is 0 Å². The molecule has 0 atom stereocenters. The van der Waals surface area contributed by atoms with E-state index in [0.29, 0.717) is 22.4 Å². The first-order valence-corrected chi connectivity index (χ1v) is 9.17. The zero-order chi connectivity index (χ0) is 20.5. The highest BCUT2D eigenvalue weighted by molar-refractivity contribution is 5.86. The number of aryl methyl sites for hydroxylation is 1. The third kappa shape index (κ3) is 3.36. The Morgan fingerprint density at radius 2 is 1.59 bits per heavy atom. The molecule has 4 nitrogen and oxygen atoms in total. The minimum atomic E-state index is -0.350. The van der Waals surface area contributed by atoms with Gasteiger partial charge in [-0.05, 0) is 42.3 Å².